The van der Waals surface area contributed by atoms with E-state index in [0.717, 1.165) is 60.2 Å². The molecule has 2 fully saturated rings. The number of benzene rings is 1. The molecule has 0 bridgehead atoms. The van der Waals surface area contributed by atoms with Crippen molar-refractivity contribution in [3.63, 3.8) is 0 Å². The number of H-pyrrole nitrogens is 1. The highest BCUT2D eigenvalue weighted by molar-refractivity contribution is 5.82. The number of tetrazole rings is 1. The minimum absolute atomic E-state index is 0.0387. The first-order valence-corrected chi connectivity index (χ1v) is 11.8. The number of aromatic amines is 1. The third kappa shape index (κ3) is 3.91. The summed E-state index contributed by atoms with van der Waals surface area (Å²) in [6, 6.07) is 8.31. The van der Waals surface area contributed by atoms with Crippen LogP contribution in [0.1, 0.15) is 80.9 Å². The number of aryl methyl sites for hydroxylation is 1. The zero-order valence-electron chi connectivity index (χ0n) is 18.5. The number of rotatable bonds is 4. The predicted molar refractivity (Wildman–Crippen MR) is 121 cm³/mol. The number of nitrogens with one attached hydrogen (secondary N) is 1. The fourth-order valence-electron chi connectivity index (χ4n) is 5.53. The topological polar surface area (TPSA) is 79.7 Å². The molecule has 1 N–H and O–H groups in total. The second-order valence-electron chi connectivity index (χ2n) is 9.51. The number of piperidine rings is 1. The Balaban J connectivity index is 1.64. The quantitative estimate of drug-likeness (QED) is 0.686. The fraction of sp³-hybridized carbons (Fsp3) is 0.583. The van der Waals surface area contributed by atoms with Gasteiger partial charge in [-0.15, -0.1) is 5.10 Å². The van der Waals surface area contributed by atoms with E-state index in [1.54, 1.807) is 0 Å². The fourth-order valence-corrected chi connectivity index (χ4v) is 5.53. The maximum Gasteiger partial charge on any atom is 0.253 e. The van der Waals surface area contributed by atoms with E-state index in [1.807, 2.05) is 23.7 Å². The molecule has 31 heavy (non-hydrogen) atoms. The lowest BCUT2D eigenvalue weighted by Crippen LogP contribution is -2.41. The molecule has 164 valence electrons. The highest BCUT2D eigenvalue weighted by Crippen LogP contribution is 2.34. The van der Waals surface area contributed by atoms with E-state index < -0.39 is 0 Å². The molecule has 1 aromatic carbocycles. The number of hydrogen-bond acceptors (Lipinski definition) is 5. The third-order valence-electron chi connectivity index (χ3n) is 7.15. The van der Waals surface area contributed by atoms with Gasteiger partial charge in [-0.2, -0.15) is 0 Å². The molecule has 3 aromatic rings. The van der Waals surface area contributed by atoms with Gasteiger partial charge in [0.25, 0.3) is 5.56 Å². The van der Waals surface area contributed by atoms with E-state index in [0.29, 0.717) is 12.0 Å². The van der Waals surface area contributed by atoms with Crippen LogP contribution in [0.4, 0.5) is 0 Å². The normalized spacial score (nSPS) is 22.1. The lowest BCUT2D eigenvalue weighted by atomic mass is 9.93. The largest absolute Gasteiger partial charge is 0.321 e. The number of hydrogen-bond donors (Lipinski definition) is 1. The van der Waals surface area contributed by atoms with Crippen LogP contribution in [0.5, 0.6) is 0 Å². The summed E-state index contributed by atoms with van der Waals surface area (Å²) in [6.45, 7) is 6.23. The Labute approximate surface area is 182 Å². The minimum atomic E-state index is -0.228. The molecule has 2 unspecified atom stereocenters. The van der Waals surface area contributed by atoms with Crippen molar-refractivity contribution in [1.29, 1.82) is 0 Å². The molecule has 3 heterocycles. The summed E-state index contributed by atoms with van der Waals surface area (Å²) in [7, 11) is 0. The van der Waals surface area contributed by atoms with Gasteiger partial charge in [0, 0.05) is 12.1 Å². The van der Waals surface area contributed by atoms with Gasteiger partial charge in [0.2, 0.25) is 0 Å². The zero-order chi connectivity index (χ0) is 21.4. The summed E-state index contributed by atoms with van der Waals surface area (Å²) in [5, 5.41) is 14.1. The summed E-state index contributed by atoms with van der Waals surface area (Å²) >= 11 is 0. The van der Waals surface area contributed by atoms with Crippen molar-refractivity contribution in [1.82, 2.24) is 30.1 Å². The Hall–Kier alpha value is -2.54. The summed E-state index contributed by atoms with van der Waals surface area (Å²) in [5.74, 6) is 1.41. The molecule has 7 heteroatoms. The average Bonchev–Trinajstić information content (AvgIpc) is 3.25. The molecule has 2 aliphatic rings. The van der Waals surface area contributed by atoms with Crippen LogP contribution in [0, 0.1) is 12.8 Å². The van der Waals surface area contributed by atoms with Crippen molar-refractivity contribution in [3.8, 4) is 0 Å². The van der Waals surface area contributed by atoms with E-state index in [9.17, 15) is 4.79 Å². The Bertz CT molecular complexity index is 1110. The molecule has 0 spiro atoms. The first-order valence-electron chi connectivity index (χ1n) is 11.8. The van der Waals surface area contributed by atoms with Gasteiger partial charge in [-0.05, 0) is 72.5 Å². The van der Waals surface area contributed by atoms with Gasteiger partial charge in [-0.3, -0.25) is 9.69 Å². The van der Waals surface area contributed by atoms with Gasteiger partial charge >= 0.3 is 0 Å². The SMILES string of the molecule is Cc1cccc2cc(C(c3nnnn3C3CCCCC3)N3CCCC(C)C3)c(=O)[nH]c12. The van der Waals surface area contributed by atoms with E-state index in [-0.39, 0.29) is 11.6 Å². The maximum atomic E-state index is 13.4. The number of aromatic nitrogens is 5. The molecule has 0 amide bonds. The molecular formula is C24H32N6O. The van der Waals surface area contributed by atoms with Crippen LogP contribution in [-0.2, 0) is 0 Å². The van der Waals surface area contributed by atoms with Crippen LogP contribution < -0.4 is 5.56 Å². The first kappa shape index (κ1) is 20.4. The van der Waals surface area contributed by atoms with Crippen LogP contribution in [0.25, 0.3) is 10.9 Å². The van der Waals surface area contributed by atoms with Crippen molar-refractivity contribution < 1.29 is 0 Å². The molecule has 2 aromatic heterocycles. The molecule has 0 radical (unpaired) electrons. The Morgan fingerprint density at radius 3 is 2.77 bits per heavy atom. The van der Waals surface area contributed by atoms with Crippen molar-refractivity contribution in [3.05, 3.63) is 51.6 Å². The Morgan fingerprint density at radius 1 is 1.13 bits per heavy atom. The molecule has 1 saturated carbocycles. The molecule has 7 nitrogen and oxygen atoms in total. The van der Waals surface area contributed by atoms with Gasteiger partial charge in [-0.25, -0.2) is 4.68 Å². The summed E-state index contributed by atoms with van der Waals surface area (Å²) in [5.41, 5.74) is 2.70. The van der Waals surface area contributed by atoms with E-state index in [1.165, 1.54) is 25.7 Å². The van der Waals surface area contributed by atoms with Gasteiger partial charge in [0.1, 0.15) is 6.04 Å². The van der Waals surface area contributed by atoms with Crippen LogP contribution in [0.15, 0.2) is 29.1 Å². The number of para-hydroxylation sites is 1. The first-order chi connectivity index (χ1) is 15.1. The highest BCUT2D eigenvalue weighted by atomic mass is 16.1. The second kappa shape index (κ2) is 8.54. The van der Waals surface area contributed by atoms with Crippen molar-refractivity contribution in [2.75, 3.05) is 13.1 Å². The maximum absolute atomic E-state index is 13.4. The summed E-state index contributed by atoms with van der Waals surface area (Å²) in [4.78, 5) is 19.0. The standard InChI is InChI=1S/C24H32N6O/c1-16-8-7-13-29(15-16)22(23-26-27-28-30(23)19-11-4-3-5-12-19)20-14-18-10-6-9-17(2)21(18)25-24(20)31/h6,9-10,14,16,19,22H,3-5,7-8,11-13,15H2,1-2H3,(H,25,31). The molecule has 2 atom stereocenters. The smallest absolute Gasteiger partial charge is 0.253 e. The minimum Gasteiger partial charge on any atom is -0.321 e. The lowest BCUT2D eigenvalue weighted by Gasteiger charge is -2.37. The summed E-state index contributed by atoms with van der Waals surface area (Å²) in [6.07, 6.45) is 8.28. The van der Waals surface area contributed by atoms with E-state index >= 15 is 0 Å². The van der Waals surface area contributed by atoms with Gasteiger partial charge < -0.3 is 4.98 Å². The van der Waals surface area contributed by atoms with Crippen LogP contribution >= 0.6 is 0 Å². The molecule has 1 aliphatic carbocycles. The van der Waals surface area contributed by atoms with Crippen molar-refractivity contribution in [2.24, 2.45) is 5.92 Å². The molecule has 1 saturated heterocycles. The van der Waals surface area contributed by atoms with Crippen molar-refractivity contribution >= 4 is 10.9 Å². The van der Waals surface area contributed by atoms with Gasteiger partial charge in [0.05, 0.1) is 11.6 Å². The molecule has 1 aliphatic heterocycles. The number of fused-ring (bicyclic) bond motifs is 1. The monoisotopic (exact) mass is 420 g/mol. The summed E-state index contributed by atoms with van der Waals surface area (Å²) < 4.78 is 2.03. The van der Waals surface area contributed by atoms with Gasteiger partial charge in [0.15, 0.2) is 5.82 Å². The molecular weight excluding hydrogens is 388 g/mol. The number of nitrogens with zero attached hydrogens (tertiary/aromatic N) is 5. The van der Waals surface area contributed by atoms with Crippen LogP contribution in [0.3, 0.4) is 0 Å². The number of likely N-dealkylation sites (tertiary alicyclic amines) is 1. The van der Waals surface area contributed by atoms with Gasteiger partial charge in [-0.1, -0.05) is 44.4 Å². The zero-order valence-corrected chi connectivity index (χ0v) is 18.5. The van der Waals surface area contributed by atoms with Crippen LogP contribution in [-0.4, -0.2) is 43.2 Å². The van der Waals surface area contributed by atoms with Crippen molar-refractivity contribution in [2.45, 2.75) is 70.9 Å². The number of pyridine rings is 1. The highest BCUT2D eigenvalue weighted by Gasteiger charge is 2.34. The van der Waals surface area contributed by atoms with E-state index in [4.69, 9.17) is 0 Å². The van der Waals surface area contributed by atoms with E-state index in [2.05, 4.69) is 44.5 Å². The lowest BCUT2D eigenvalue weighted by molar-refractivity contribution is 0.138. The Morgan fingerprint density at radius 2 is 1.97 bits per heavy atom. The average molecular weight is 421 g/mol. The Kier molecular flexibility index (Phi) is 5.61. The third-order valence-corrected chi connectivity index (χ3v) is 7.15. The second-order valence-corrected chi connectivity index (χ2v) is 9.51. The predicted octanol–water partition coefficient (Wildman–Crippen LogP) is 4.15. The molecule has 5 rings (SSSR count). The van der Waals surface area contributed by atoms with Crippen LogP contribution in [0.2, 0.25) is 0 Å².